The summed E-state index contributed by atoms with van der Waals surface area (Å²) in [5, 5.41) is 11.8. The van der Waals surface area contributed by atoms with Crippen molar-refractivity contribution in [3.05, 3.63) is 127 Å². The lowest BCUT2D eigenvalue weighted by atomic mass is 9.90. The molecule has 5 rings (SSSR count). The first kappa shape index (κ1) is 19.5. The molecule has 0 aliphatic rings. The van der Waals surface area contributed by atoms with Gasteiger partial charge in [-0.1, -0.05) is 78.9 Å². The van der Waals surface area contributed by atoms with Gasteiger partial charge in [-0.25, -0.2) is 9.36 Å². The molecule has 5 aromatic rings. The van der Waals surface area contributed by atoms with E-state index in [-0.39, 0.29) is 5.91 Å². The number of nitrogens with one attached hydrogen (secondary N) is 1. The number of rotatable bonds is 6. The Morgan fingerprint density at radius 3 is 1.81 bits per heavy atom. The van der Waals surface area contributed by atoms with Crippen molar-refractivity contribution in [2.75, 3.05) is 5.32 Å². The highest BCUT2D eigenvalue weighted by Crippen LogP contribution is 2.26. The van der Waals surface area contributed by atoms with Gasteiger partial charge in [0.1, 0.15) is 5.69 Å². The van der Waals surface area contributed by atoms with E-state index >= 15 is 0 Å². The number of anilines is 1. The molecule has 0 saturated heterocycles. The summed E-state index contributed by atoms with van der Waals surface area (Å²) in [7, 11) is 0. The molecule has 2 heterocycles. The van der Waals surface area contributed by atoms with E-state index in [9.17, 15) is 4.79 Å². The minimum atomic E-state index is -0.415. The first-order valence-corrected chi connectivity index (χ1v) is 10.3. The van der Waals surface area contributed by atoms with Crippen molar-refractivity contribution in [2.24, 2.45) is 0 Å². The molecular formula is C26H21N5O. The predicted molar refractivity (Wildman–Crippen MR) is 124 cm³/mol. The molecule has 1 amide bonds. The minimum Gasteiger partial charge on any atom is -0.323 e. The second-order valence-corrected chi connectivity index (χ2v) is 7.40. The maximum atomic E-state index is 13.3. The van der Waals surface area contributed by atoms with Crippen molar-refractivity contribution in [1.82, 2.24) is 19.6 Å². The molecule has 0 radical (unpaired) electrons. The predicted octanol–water partition coefficient (Wildman–Crippen LogP) is 4.83. The van der Waals surface area contributed by atoms with Crippen LogP contribution in [-0.4, -0.2) is 25.5 Å². The highest BCUT2D eigenvalue weighted by molar-refractivity contribution is 5.98. The fourth-order valence-electron chi connectivity index (χ4n) is 3.68. The molecule has 2 aromatic heterocycles. The summed E-state index contributed by atoms with van der Waals surface area (Å²) >= 11 is 0. The Morgan fingerprint density at radius 2 is 1.19 bits per heavy atom. The van der Waals surface area contributed by atoms with Gasteiger partial charge < -0.3 is 5.32 Å². The Bertz CT molecular complexity index is 1270. The molecule has 0 aliphatic carbocycles. The van der Waals surface area contributed by atoms with Crippen LogP contribution in [0.4, 0.5) is 5.69 Å². The van der Waals surface area contributed by atoms with Gasteiger partial charge in [-0.3, -0.25) is 4.79 Å². The summed E-state index contributed by atoms with van der Waals surface area (Å²) in [6, 6.07) is 29.4. The first-order chi connectivity index (χ1) is 15.8. The van der Waals surface area contributed by atoms with Crippen LogP contribution in [0.15, 0.2) is 116 Å². The number of hydrogen-bond acceptors (Lipinski definition) is 3. The SMILES string of the molecule is O=C(Nc1cnn(-c2cnn(-c3ccccc3)c2)c1)C(c1ccccc1)c1ccccc1. The molecule has 0 unspecified atom stereocenters. The maximum Gasteiger partial charge on any atom is 0.236 e. The first-order valence-electron chi connectivity index (χ1n) is 10.3. The summed E-state index contributed by atoms with van der Waals surface area (Å²) in [6.45, 7) is 0. The van der Waals surface area contributed by atoms with E-state index in [0.717, 1.165) is 22.5 Å². The number of nitrogens with zero attached hydrogens (tertiary/aromatic N) is 4. The van der Waals surface area contributed by atoms with Crippen LogP contribution in [0.1, 0.15) is 17.0 Å². The smallest absolute Gasteiger partial charge is 0.236 e. The lowest BCUT2D eigenvalue weighted by Gasteiger charge is -2.17. The Balaban J connectivity index is 1.38. The van der Waals surface area contributed by atoms with Gasteiger partial charge in [-0.15, -0.1) is 0 Å². The number of carbonyl (C=O) groups excluding carboxylic acids is 1. The quantitative estimate of drug-likeness (QED) is 0.429. The van der Waals surface area contributed by atoms with Gasteiger partial charge in [0, 0.05) is 0 Å². The summed E-state index contributed by atoms with van der Waals surface area (Å²) in [5.41, 5.74) is 4.27. The molecule has 0 bridgehead atoms. The standard InChI is InChI=1S/C26H21N5O/c32-26(25(20-10-4-1-5-11-20)21-12-6-2-7-13-21)29-22-16-27-30(18-22)24-17-28-31(19-24)23-14-8-3-9-15-23/h1-19,25H,(H,29,32). The fraction of sp³-hybridized carbons (Fsp3) is 0.0385. The van der Waals surface area contributed by atoms with Crippen LogP contribution in [0.3, 0.4) is 0 Å². The third kappa shape index (κ3) is 4.06. The minimum absolute atomic E-state index is 0.109. The number of hydrogen-bond donors (Lipinski definition) is 1. The van der Waals surface area contributed by atoms with Gasteiger partial charge in [-0.05, 0) is 23.3 Å². The van der Waals surface area contributed by atoms with Crippen LogP contribution in [0.2, 0.25) is 0 Å². The van der Waals surface area contributed by atoms with Crippen molar-refractivity contribution in [1.29, 1.82) is 0 Å². The Kier molecular flexibility index (Phi) is 5.32. The van der Waals surface area contributed by atoms with Gasteiger partial charge in [0.05, 0.1) is 42.1 Å². The van der Waals surface area contributed by atoms with E-state index in [1.165, 1.54) is 0 Å². The number of para-hydroxylation sites is 1. The number of benzene rings is 3. The van der Waals surface area contributed by atoms with Crippen LogP contribution in [-0.2, 0) is 4.79 Å². The molecule has 0 spiro atoms. The van der Waals surface area contributed by atoms with Crippen LogP contribution in [0.5, 0.6) is 0 Å². The molecule has 6 nitrogen and oxygen atoms in total. The lowest BCUT2D eigenvalue weighted by Crippen LogP contribution is -2.22. The second kappa shape index (κ2) is 8.73. The summed E-state index contributed by atoms with van der Waals surface area (Å²) in [5.74, 6) is -0.525. The average Bonchev–Trinajstić information content (AvgIpc) is 3.51. The number of carbonyl (C=O) groups is 1. The van der Waals surface area contributed by atoms with Crippen molar-refractivity contribution in [2.45, 2.75) is 5.92 Å². The molecule has 0 fully saturated rings. The van der Waals surface area contributed by atoms with Gasteiger partial charge >= 0.3 is 0 Å². The number of aromatic nitrogens is 4. The van der Waals surface area contributed by atoms with E-state index in [2.05, 4.69) is 15.5 Å². The lowest BCUT2D eigenvalue weighted by molar-refractivity contribution is -0.116. The zero-order valence-corrected chi connectivity index (χ0v) is 17.2. The van der Waals surface area contributed by atoms with Crippen LogP contribution >= 0.6 is 0 Å². The largest absolute Gasteiger partial charge is 0.323 e. The zero-order chi connectivity index (χ0) is 21.8. The highest BCUT2D eigenvalue weighted by Gasteiger charge is 2.23. The molecule has 3 aromatic carbocycles. The monoisotopic (exact) mass is 419 g/mol. The topological polar surface area (TPSA) is 64.7 Å². The normalized spacial score (nSPS) is 10.9. The Hall–Kier alpha value is -4.45. The third-order valence-corrected chi connectivity index (χ3v) is 5.23. The third-order valence-electron chi connectivity index (χ3n) is 5.23. The molecule has 1 N–H and O–H groups in total. The molecule has 0 saturated carbocycles. The van der Waals surface area contributed by atoms with Crippen molar-refractivity contribution in [3.63, 3.8) is 0 Å². The molecule has 156 valence electrons. The van der Waals surface area contributed by atoms with E-state index in [1.807, 2.05) is 97.2 Å². The van der Waals surface area contributed by atoms with E-state index in [1.54, 1.807) is 28.0 Å². The van der Waals surface area contributed by atoms with Crippen LogP contribution < -0.4 is 5.32 Å². The fourth-order valence-corrected chi connectivity index (χ4v) is 3.68. The van der Waals surface area contributed by atoms with E-state index in [4.69, 9.17) is 0 Å². The maximum absolute atomic E-state index is 13.3. The van der Waals surface area contributed by atoms with E-state index in [0.29, 0.717) is 5.69 Å². The highest BCUT2D eigenvalue weighted by atomic mass is 16.1. The summed E-state index contributed by atoms with van der Waals surface area (Å²) < 4.78 is 3.48. The van der Waals surface area contributed by atoms with Gasteiger partial charge in [-0.2, -0.15) is 10.2 Å². The van der Waals surface area contributed by atoms with Crippen molar-refractivity contribution < 1.29 is 4.79 Å². The van der Waals surface area contributed by atoms with Crippen LogP contribution in [0.25, 0.3) is 11.4 Å². The number of amides is 1. The molecule has 6 heteroatoms. The molecular weight excluding hydrogens is 398 g/mol. The summed E-state index contributed by atoms with van der Waals surface area (Å²) in [4.78, 5) is 13.3. The van der Waals surface area contributed by atoms with Gasteiger partial charge in [0.15, 0.2) is 0 Å². The van der Waals surface area contributed by atoms with Gasteiger partial charge in [0.25, 0.3) is 0 Å². The molecule has 32 heavy (non-hydrogen) atoms. The second-order valence-electron chi connectivity index (χ2n) is 7.40. The van der Waals surface area contributed by atoms with Gasteiger partial charge in [0.2, 0.25) is 5.91 Å². The molecule has 0 aliphatic heterocycles. The molecule has 0 atom stereocenters. The Labute approximate surface area is 185 Å². The Morgan fingerprint density at radius 1 is 0.656 bits per heavy atom. The van der Waals surface area contributed by atoms with Crippen molar-refractivity contribution in [3.8, 4) is 11.4 Å². The average molecular weight is 419 g/mol. The summed E-state index contributed by atoms with van der Waals surface area (Å²) in [6.07, 6.45) is 7.06. The zero-order valence-electron chi connectivity index (χ0n) is 17.2. The van der Waals surface area contributed by atoms with Crippen molar-refractivity contribution >= 4 is 11.6 Å². The van der Waals surface area contributed by atoms with E-state index < -0.39 is 5.92 Å². The van der Waals surface area contributed by atoms with Crippen LogP contribution in [0, 0.1) is 0 Å².